The van der Waals surface area contributed by atoms with Crippen LogP contribution in [0.3, 0.4) is 0 Å². The van der Waals surface area contributed by atoms with E-state index in [0.717, 1.165) is 0 Å². The molecule has 1 aliphatic rings. The van der Waals surface area contributed by atoms with Crippen LogP contribution in [0.5, 0.6) is 0 Å². The van der Waals surface area contributed by atoms with Crippen LogP contribution in [-0.2, 0) is 0 Å². The Kier molecular flexibility index (Phi) is 28.0. The zero-order chi connectivity index (χ0) is 59.4. The topological polar surface area (TPSA) is 0 Å². The maximum Gasteiger partial charge on any atom is 0.224 e. The van der Waals surface area contributed by atoms with E-state index < -0.39 is 56.5 Å². The molecule has 0 aliphatic carbocycles. The Balaban J connectivity index is 4.92. The van der Waals surface area contributed by atoms with Gasteiger partial charge in [-0.2, -0.15) is 0 Å². The molecule has 0 aromatic heterocycles. The molecule has 0 nitrogen and oxygen atoms in total. The van der Waals surface area contributed by atoms with Crippen molar-refractivity contribution in [1.29, 1.82) is 0 Å². The van der Waals surface area contributed by atoms with E-state index in [1.165, 1.54) is 0 Å². The summed E-state index contributed by atoms with van der Waals surface area (Å²) in [4.78, 5) is 0. The first kappa shape index (κ1) is 70.4. The number of hydrogen-bond acceptors (Lipinski definition) is 0. The molecule has 0 spiro atoms. The average Bonchev–Trinajstić information content (AvgIpc) is 3.31. The van der Waals surface area contributed by atoms with Crippen molar-refractivity contribution in [3.8, 4) is 160 Å². The van der Waals surface area contributed by atoms with Crippen molar-refractivity contribution < 1.29 is 0 Å². The Morgan fingerprint density at radius 1 is 0.117 bits per heavy atom. The lowest BCUT2D eigenvalue weighted by atomic mass is 10.5. The van der Waals surface area contributed by atoms with Gasteiger partial charge in [0.25, 0.3) is 0 Å². The molecule has 0 fully saturated rings. The van der Waals surface area contributed by atoms with Crippen molar-refractivity contribution in [2.75, 3.05) is 0 Å². The van der Waals surface area contributed by atoms with Crippen LogP contribution >= 0.6 is 0 Å². The molecule has 0 aromatic carbocycles. The van der Waals surface area contributed by atoms with Crippen molar-refractivity contribution >= 4 is 56.5 Å². The Morgan fingerprint density at radius 2 is 0.169 bits per heavy atom. The molecule has 1 heterocycles. The molecule has 0 radical (unpaired) electrons. The molecule has 1 rings (SSSR count). The van der Waals surface area contributed by atoms with E-state index in [9.17, 15) is 0 Å². The molecule has 0 aromatic rings. The largest absolute Gasteiger partial charge is 0.224 e. The van der Waals surface area contributed by atoms with Gasteiger partial charge in [0.2, 0.25) is 56.5 Å². The zero-order valence-electron chi connectivity index (χ0n) is 53.6. The van der Waals surface area contributed by atoms with E-state index >= 15 is 0 Å². The lowest BCUT2D eigenvalue weighted by Crippen LogP contribution is -2.40. The quantitative estimate of drug-likeness (QED) is 0.120. The lowest BCUT2D eigenvalue weighted by molar-refractivity contribution is 0.933. The van der Waals surface area contributed by atoms with Crippen LogP contribution in [0, 0.1) is 160 Å². The highest BCUT2D eigenvalue weighted by Crippen LogP contribution is 2.37. The second kappa shape index (κ2) is 30.6. The van der Waals surface area contributed by atoms with E-state index in [4.69, 9.17) is 0 Å². The van der Waals surface area contributed by atoms with Gasteiger partial charge in [-0.25, -0.2) is 0 Å². The summed E-state index contributed by atoms with van der Waals surface area (Å²) in [6.07, 6.45) is 0. The summed E-state index contributed by atoms with van der Waals surface area (Å²) in [5.74, 6) is 47.6. The molecule has 7 heteroatoms. The minimum Gasteiger partial charge on any atom is -0.101 e. The maximum atomic E-state index is 3.74. The third kappa shape index (κ3) is 16.9. The van der Waals surface area contributed by atoms with Gasteiger partial charge in [-0.3, -0.25) is 0 Å². The molecule has 0 unspecified atom stereocenters. The van der Waals surface area contributed by atoms with Gasteiger partial charge >= 0.3 is 0 Å². The maximum absolute atomic E-state index is 3.74. The van der Waals surface area contributed by atoms with Gasteiger partial charge in [0.1, 0.15) is 0 Å². The highest BCUT2D eigenvalue weighted by molar-refractivity contribution is 7.00. The Labute approximate surface area is 485 Å². The summed E-state index contributed by atoms with van der Waals surface area (Å²) in [5, 5.41) is 0. The van der Waals surface area contributed by atoms with Gasteiger partial charge < -0.3 is 0 Å². The molecule has 0 amide bonds. The summed E-state index contributed by atoms with van der Waals surface area (Å²) in [7, 11) is -17.7. The van der Waals surface area contributed by atoms with Crippen molar-refractivity contribution in [3.63, 3.8) is 0 Å². The Morgan fingerprint density at radius 3 is 0.208 bits per heavy atom. The van der Waals surface area contributed by atoms with Gasteiger partial charge in [0.05, 0.1) is 0 Å². The van der Waals surface area contributed by atoms with Gasteiger partial charge in [-0.15, -0.1) is 77.6 Å². The SMILES string of the molecule is CC(C)[Si]1(C(C)C)C#CC#C[Si](C(C)C)(C(C)C)C#CC#C[Si](C(C)C)(C(C)C)C#CC#C[Si](C(C)C)(C(C)C)C#CC#C[Si](C(C)C)(C(C)C)C#CC#C[Si](C(C)C)(C(C)C)C#CC#C[Si](C(C)C)(C(C)C)C#CC#C1. The monoisotopic (exact) mass is 1130 g/mol. The zero-order valence-corrected chi connectivity index (χ0v) is 60.6. The second-order valence-corrected chi connectivity index (χ2v) is 57.6. The predicted octanol–water partition coefficient (Wildman–Crippen LogP) is 16.5. The summed E-state index contributed by atoms with van der Waals surface area (Å²) in [6, 6.07) is 0. The van der Waals surface area contributed by atoms with Gasteiger partial charge in [-0.05, 0) is 160 Å². The Hall–Kier alpha value is -4.64. The van der Waals surface area contributed by atoms with Crippen molar-refractivity contribution in [1.82, 2.24) is 0 Å². The fourth-order valence-corrected chi connectivity index (χ4v) is 32.4. The normalized spacial score (nSPS) is 17.6. The molecule has 0 saturated carbocycles. The summed E-state index contributed by atoms with van der Waals surface area (Å²) in [6.45, 7) is 63.3. The van der Waals surface area contributed by atoms with Crippen LogP contribution in [0.15, 0.2) is 0 Å². The van der Waals surface area contributed by atoms with Crippen molar-refractivity contribution in [3.05, 3.63) is 0 Å². The number of rotatable bonds is 14. The highest BCUT2D eigenvalue weighted by Gasteiger charge is 2.43. The smallest absolute Gasteiger partial charge is 0.101 e. The van der Waals surface area contributed by atoms with E-state index in [0.29, 0.717) is 0 Å². The Bertz CT molecular complexity index is 2230. The second-order valence-electron chi connectivity index (χ2n) is 25.7. The van der Waals surface area contributed by atoms with Crippen LogP contribution in [0.25, 0.3) is 0 Å². The third-order valence-corrected chi connectivity index (χ3v) is 50.0. The lowest BCUT2D eigenvalue weighted by Gasteiger charge is -2.28. The van der Waals surface area contributed by atoms with Gasteiger partial charge in [0.15, 0.2) is 0 Å². The number of hydrogen-bond donors (Lipinski definition) is 0. The fourth-order valence-electron chi connectivity index (χ4n) is 10.8. The van der Waals surface area contributed by atoms with E-state index in [2.05, 4.69) is 354 Å². The van der Waals surface area contributed by atoms with Crippen LogP contribution < -0.4 is 0 Å². The highest BCUT2D eigenvalue weighted by atomic mass is 28.3. The minimum atomic E-state index is -2.53. The molecular formula is C70H98Si7. The van der Waals surface area contributed by atoms with Crippen molar-refractivity contribution in [2.24, 2.45) is 0 Å². The predicted molar refractivity (Wildman–Crippen MR) is 361 cm³/mol. The first-order valence-electron chi connectivity index (χ1n) is 29.0. The van der Waals surface area contributed by atoms with Crippen molar-refractivity contribution in [2.45, 2.75) is 271 Å². The first-order valence-corrected chi connectivity index (χ1v) is 44.0. The van der Waals surface area contributed by atoms with Gasteiger partial charge in [0, 0.05) is 0 Å². The molecule has 77 heavy (non-hydrogen) atoms. The molecule has 0 saturated heterocycles. The van der Waals surface area contributed by atoms with Crippen LogP contribution in [0.4, 0.5) is 0 Å². The van der Waals surface area contributed by atoms with Gasteiger partial charge in [-0.1, -0.05) is 194 Å². The minimum absolute atomic E-state index is 0.278. The average molecular weight is 1140 g/mol. The molecule has 406 valence electrons. The third-order valence-electron chi connectivity index (χ3n) is 17.0. The molecule has 1 aliphatic heterocycles. The van der Waals surface area contributed by atoms with Crippen LogP contribution in [0.1, 0.15) is 194 Å². The fraction of sp³-hybridized carbons (Fsp3) is 0.600. The first-order chi connectivity index (χ1) is 35.7. The summed E-state index contributed by atoms with van der Waals surface area (Å²) < 4.78 is 0. The molecule has 0 N–H and O–H groups in total. The molecule has 0 atom stereocenters. The standard InChI is InChI=1S/C70H98Si7/c1-57(2)71(58(3)4)43-29-31-45-72(59(5)6,60(7)8)47-33-35-49-74(63(13)14,64(15)16)51-37-39-53-76(67(21)22,68(23)24)55-41-42-56-77(69(25)26,70(27)28)54-40-38-52-75(65(17)18,66(19)20)50-36-34-48-73(61(9)10,62(11)12)46-32-30-44-71/h57-70H,1-28H3. The van der Waals surface area contributed by atoms with E-state index in [1.54, 1.807) is 0 Å². The van der Waals surface area contributed by atoms with E-state index in [1.807, 2.05) is 0 Å². The van der Waals surface area contributed by atoms with E-state index in [-0.39, 0.29) is 77.6 Å². The molecular weight excluding hydrogens is 1040 g/mol. The van der Waals surface area contributed by atoms with Crippen LogP contribution in [-0.4, -0.2) is 56.5 Å². The summed E-state index contributed by atoms with van der Waals surface area (Å²) in [5.41, 5.74) is 56.3. The molecule has 0 bridgehead atoms. The van der Waals surface area contributed by atoms with Crippen LogP contribution in [0.2, 0.25) is 77.6 Å². The summed E-state index contributed by atoms with van der Waals surface area (Å²) >= 11 is 0.